The van der Waals surface area contributed by atoms with Gasteiger partial charge in [-0.05, 0) is 26.7 Å². The monoisotopic (exact) mass is 222 g/mol. The largest absolute Gasteiger partial charge is 0.371 e. The van der Waals surface area contributed by atoms with Crippen LogP contribution in [0.2, 0.25) is 0 Å². The number of hydrogen-bond donors (Lipinski definition) is 1. The van der Waals surface area contributed by atoms with Crippen LogP contribution in [0.25, 0.3) is 0 Å². The van der Waals surface area contributed by atoms with Crippen molar-refractivity contribution in [3.05, 3.63) is 35.9 Å². The Morgan fingerprint density at radius 2 is 1.94 bits per heavy atom. The fraction of sp³-hybridized carbons (Fsp3) is 0.538. The molecule has 3 heteroatoms. The molecule has 0 saturated heterocycles. The van der Waals surface area contributed by atoms with Crippen LogP contribution in [0, 0.1) is 0 Å². The van der Waals surface area contributed by atoms with Gasteiger partial charge >= 0.3 is 0 Å². The summed E-state index contributed by atoms with van der Waals surface area (Å²) in [6, 6.07) is 10.3. The van der Waals surface area contributed by atoms with Crippen LogP contribution in [0.3, 0.4) is 0 Å². The minimum Gasteiger partial charge on any atom is -0.371 e. The van der Waals surface area contributed by atoms with Crippen molar-refractivity contribution in [2.75, 3.05) is 40.8 Å². The number of hydrogen-bond acceptors (Lipinski definition) is 3. The van der Waals surface area contributed by atoms with Crippen LogP contribution in [0.15, 0.2) is 30.3 Å². The molecule has 0 spiro atoms. The first-order valence-corrected chi connectivity index (χ1v) is 5.70. The average Bonchev–Trinajstić information content (AvgIpc) is 2.29. The van der Waals surface area contributed by atoms with E-state index in [2.05, 4.69) is 36.4 Å². The third-order valence-electron chi connectivity index (χ3n) is 2.42. The maximum Gasteiger partial charge on any atom is 0.0949 e. The molecule has 0 fully saturated rings. The van der Waals surface area contributed by atoms with Crippen LogP contribution in [0.5, 0.6) is 0 Å². The van der Waals surface area contributed by atoms with Gasteiger partial charge in [-0.15, -0.1) is 0 Å². The molecule has 0 saturated carbocycles. The zero-order valence-electron chi connectivity index (χ0n) is 10.4. The van der Waals surface area contributed by atoms with E-state index in [-0.39, 0.29) is 6.10 Å². The van der Waals surface area contributed by atoms with Gasteiger partial charge < -0.3 is 15.0 Å². The second-order valence-electron chi connectivity index (χ2n) is 4.13. The van der Waals surface area contributed by atoms with Gasteiger partial charge in [-0.3, -0.25) is 0 Å². The molecule has 0 aromatic heterocycles. The van der Waals surface area contributed by atoms with Gasteiger partial charge in [-0.1, -0.05) is 30.3 Å². The molecular weight excluding hydrogens is 200 g/mol. The molecule has 16 heavy (non-hydrogen) atoms. The molecule has 1 rings (SSSR count). The van der Waals surface area contributed by atoms with Gasteiger partial charge in [0.15, 0.2) is 0 Å². The van der Waals surface area contributed by atoms with E-state index in [9.17, 15) is 0 Å². The predicted octanol–water partition coefficient (Wildman–Crippen LogP) is 1.53. The van der Waals surface area contributed by atoms with Crippen LogP contribution in [-0.4, -0.2) is 45.7 Å². The zero-order chi connectivity index (χ0) is 11.8. The van der Waals surface area contributed by atoms with Crippen molar-refractivity contribution in [2.24, 2.45) is 0 Å². The molecule has 0 aliphatic rings. The van der Waals surface area contributed by atoms with Gasteiger partial charge in [-0.25, -0.2) is 0 Å². The van der Waals surface area contributed by atoms with Crippen molar-refractivity contribution in [2.45, 2.75) is 6.10 Å². The molecule has 3 nitrogen and oxygen atoms in total. The van der Waals surface area contributed by atoms with Crippen LogP contribution in [0.1, 0.15) is 11.7 Å². The molecule has 90 valence electrons. The van der Waals surface area contributed by atoms with E-state index >= 15 is 0 Å². The summed E-state index contributed by atoms with van der Waals surface area (Å²) in [6.07, 6.45) is 0.145. The van der Waals surface area contributed by atoms with Crippen molar-refractivity contribution in [1.29, 1.82) is 0 Å². The molecular formula is C13H22N2O. The van der Waals surface area contributed by atoms with E-state index in [0.29, 0.717) is 0 Å². The van der Waals surface area contributed by atoms with Gasteiger partial charge in [-0.2, -0.15) is 0 Å². The van der Waals surface area contributed by atoms with Crippen molar-refractivity contribution in [3.63, 3.8) is 0 Å². The minimum atomic E-state index is 0.145. The molecule has 0 heterocycles. The van der Waals surface area contributed by atoms with Crippen LogP contribution < -0.4 is 5.32 Å². The normalized spacial score (nSPS) is 13.0. The molecule has 0 radical (unpaired) electrons. The van der Waals surface area contributed by atoms with Crippen molar-refractivity contribution in [1.82, 2.24) is 10.2 Å². The number of nitrogens with zero attached hydrogens (tertiary/aromatic N) is 1. The Balaban J connectivity index is 2.48. The number of nitrogens with one attached hydrogen (secondary N) is 1. The Hall–Kier alpha value is -0.900. The molecule has 0 aliphatic carbocycles. The molecule has 0 aliphatic heterocycles. The van der Waals surface area contributed by atoms with Crippen molar-refractivity contribution < 1.29 is 4.74 Å². The van der Waals surface area contributed by atoms with Gasteiger partial charge in [0.2, 0.25) is 0 Å². The molecule has 1 unspecified atom stereocenters. The van der Waals surface area contributed by atoms with Crippen molar-refractivity contribution in [3.8, 4) is 0 Å². The first-order chi connectivity index (χ1) is 7.74. The fourth-order valence-corrected chi connectivity index (χ4v) is 1.50. The summed E-state index contributed by atoms with van der Waals surface area (Å²) in [5.74, 6) is 0. The molecule has 0 bridgehead atoms. The van der Waals surface area contributed by atoms with Crippen molar-refractivity contribution >= 4 is 0 Å². The second-order valence-corrected chi connectivity index (χ2v) is 4.13. The van der Waals surface area contributed by atoms with E-state index in [0.717, 1.165) is 19.7 Å². The summed E-state index contributed by atoms with van der Waals surface area (Å²) in [7, 11) is 6.06. The number of ether oxygens (including phenoxy) is 1. The summed E-state index contributed by atoms with van der Waals surface area (Å²) in [5, 5.41) is 3.17. The predicted molar refractivity (Wildman–Crippen MR) is 67.6 cm³/mol. The second kappa shape index (κ2) is 7.39. The van der Waals surface area contributed by atoms with Gasteiger partial charge in [0.25, 0.3) is 0 Å². The number of rotatable bonds is 7. The Bertz CT molecular complexity index is 275. The Kier molecular flexibility index (Phi) is 6.08. The highest BCUT2D eigenvalue weighted by Gasteiger charge is 2.10. The first-order valence-electron chi connectivity index (χ1n) is 5.70. The highest BCUT2D eigenvalue weighted by atomic mass is 16.5. The lowest BCUT2D eigenvalue weighted by Crippen LogP contribution is -2.24. The van der Waals surface area contributed by atoms with Crippen LogP contribution in [0.4, 0.5) is 0 Å². The van der Waals surface area contributed by atoms with E-state index < -0.39 is 0 Å². The van der Waals surface area contributed by atoms with Crippen LogP contribution in [-0.2, 0) is 4.74 Å². The molecule has 1 atom stereocenters. The van der Waals surface area contributed by atoms with E-state index in [1.54, 1.807) is 0 Å². The summed E-state index contributed by atoms with van der Waals surface area (Å²) in [6.45, 7) is 2.55. The maximum atomic E-state index is 5.88. The summed E-state index contributed by atoms with van der Waals surface area (Å²) >= 11 is 0. The fourth-order valence-electron chi connectivity index (χ4n) is 1.50. The highest BCUT2D eigenvalue weighted by Crippen LogP contribution is 2.15. The first kappa shape index (κ1) is 13.2. The lowest BCUT2D eigenvalue weighted by molar-refractivity contribution is 0.0447. The summed E-state index contributed by atoms with van der Waals surface area (Å²) in [5.41, 5.74) is 1.23. The van der Waals surface area contributed by atoms with Gasteiger partial charge in [0.1, 0.15) is 0 Å². The van der Waals surface area contributed by atoms with E-state index in [1.807, 2.05) is 25.2 Å². The molecule has 1 aromatic carbocycles. The molecule has 1 N–H and O–H groups in total. The number of likely N-dealkylation sites (N-methyl/N-ethyl adjacent to an activating group) is 2. The number of benzene rings is 1. The lowest BCUT2D eigenvalue weighted by atomic mass is 10.1. The maximum absolute atomic E-state index is 5.88. The minimum absolute atomic E-state index is 0.145. The van der Waals surface area contributed by atoms with E-state index in [4.69, 9.17) is 4.74 Å². The Morgan fingerprint density at radius 1 is 1.25 bits per heavy atom. The Morgan fingerprint density at radius 3 is 2.50 bits per heavy atom. The zero-order valence-corrected chi connectivity index (χ0v) is 10.4. The third kappa shape index (κ3) is 4.75. The van der Waals surface area contributed by atoms with Crippen LogP contribution >= 0.6 is 0 Å². The SMILES string of the molecule is CNCC(OCCN(C)C)c1ccccc1. The lowest BCUT2D eigenvalue weighted by Gasteiger charge is -2.19. The van der Waals surface area contributed by atoms with E-state index in [1.165, 1.54) is 5.56 Å². The van der Waals surface area contributed by atoms with Gasteiger partial charge in [0, 0.05) is 13.1 Å². The third-order valence-corrected chi connectivity index (χ3v) is 2.42. The molecule has 0 amide bonds. The summed E-state index contributed by atoms with van der Waals surface area (Å²) in [4.78, 5) is 2.13. The summed E-state index contributed by atoms with van der Waals surface area (Å²) < 4.78 is 5.88. The standard InChI is InChI=1S/C13H22N2O/c1-14-11-13(16-10-9-15(2)3)12-7-5-4-6-8-12/h4-8,13-14H,9-11H2,1-3H3. The highest BCUT2D eigenvalue weighted by molar-refractivity contribution is 5.17. The topological polar surface area (TPSA) is 24.5 Å². The smallest absolute Gasteiger partial charge is 0.0949 e. The molecule has 1 aromatic rings. The van der Waals surface area contributed by atoms with Gasteiger partial charge in [0.05, 0.1) is 12.7 Å². The quantitative estimate of drug-likeness (QED) is 0.757. The Labute approximate surface area is 98.4 Å². The average molecular weight is 222 g/mol.